The number of ether oxygens (including phenoxy) is 1. The molecule has 1 amide bonds. The number of sulfonamides is 1. The Labute approximate surface area is 185 Å². The molecule has 2 N–H and O–H groups in total. The van der Waals surface area contributed by atoms with Crippen LogP contribution in [0, 0.1) is 5.82 Å². The molecule has 0 fully saturated rings. The van der Waals surface area contributed by atoms with Crippen LogP contribution in [0.5, 0.6) is 5.75 Å². The van der Waals surface area contributed by atoms with E-state index in [0.29, 0.717) is 16.3 Å². The molecule has 0 saturated heterocycles. The van der Waals surface area contributed by atoms with Crippen molar-refractivity contribution in [2.45, 2.75) is 6.54 Å². The molecular weight excluding hydrogens is 443 g/mol. The van der Waals surface area contributed by atoms with Gasteiger partial charge in [-0.3, -0.25) is 9.52 Å². The summed E-state index contributed by atoms with van der Waals surface area (Å²) in [6.07, 6.45) is 0.935. The number of carbonyl (C=O) groups is 1. The lowest BCUT2D eigenvalue weighted by atomic mass is 10.1. The van der Waals surface area contributed by atoms with Crippen molar-refractivity contribution in [1.82, 2.24) is 5.32 Å². The Hall–Kier alpha value is -3.10. The van der Waals surface area contributed by atoms with Gasteiger partial charge in [0.2, 0.25) is 10.0 Å². The standard InChI is InChI=1S/C22H20ClFN2O4S/c1-31(28,29)26-21-10-9-15(11-20(21)24)13-25-22(27)14-30-17-6-4-5-16(12-17)18-7-2-3-8-19(18)23/h2-12,26H,13-14H2,1H3,(H,25,27). The van der Waals surface area contributed by atoms with Gasteiger partial charge in [-0.2, -0.15) is 0 Å². The van der Waals surface area contributed by atoms with Crippen LogP contribution in [-0.4, -0.2) is 27.2 Å². The first-order valence-corrected chi connectivity index (χ1v) is 11.5. The van der Waals surface area contributed by atoms with Gasteiger partial charge in [0.15, 0.2) is 6.61 Å². The summed E-state index contributed by atoms with van der Waals surface area (Å²) in [4.78, 5) is 12.1. The predicted octanol–water partition coefficient (Wildman–Crippen LogP) is 4.21. The van der Waals surface area contributed by atoms with Gasteiger partial charge in [0.05, 0.1) is 11.9 Å². The fourth-order valence-corrected chi connectivity index (χ4v) is 3.61. The first-order chi connectivity index (χ1) is 14.7. The van der Waals surface area contributed by atoms with Gasteiger partial charge in [-0.05, 0) is 41.5 Å². The molecule has 0 aliphatic rings. The molecule has 3 aromatic carbocycles. The largest absolute Gasteiger partial charge is 0.484 e. The predicted molar refractivity (Wildman–Crippen MR) is 119 cm³/mol. The third-order valence-electron chi connectivity index (χ3n) is 4.21. The Morgan fingerprint density at radius 1 is 1.06 bits per heavy atom. The maximum absolute atomic E-state index is 14.0. The van der Waals surface area contributed by atoms with E-state index in [1.54, 1.807) is 24.3 Å². The highest BCUT2D eigenvalue weighted by molar-refractivity contribution is 7.92. The first-order valence-electron chi connectivity index (χ1n) is 9.22. The molecule has 0 atom stereocenters. The Morgan fingerprint density at radius 3 is 2.55 bits per heavy atom. The fourth-order valence-electron chi connectivity index (χ4n) is 2.80. The third-order valence-corrected chi connectivity index (χ3v) is 5.13. The fraction of sp³-hybridized carbons (Fsp3) is 0.136. The molecular formula is C22H20ClFN2O4S. The summed E-state index contributed by atoms with van der Waals surface area (Å²) in [6.45, 7) is -0.153. The molecule has 31 heavy (non-hydrogen) atoms. The van der Waals surface area contributed by atoms with Gasteiger partial charge < -0.3 is 10.1 Å². The number of hydrogen-bond acceptors (Lipinski definition) is 4. The molecule has 0 bridgehead atoms. The van der Waals surface area contributed by atoms with Crippen molar-refractivity contribution in [1.29, 1.82) is 0 Å². The van der Waals surface area contributed by atoms with E-state index in [4.69, 9.17) is 16.3 Å². The zero-order valence-electron chi connectivity index (χ0n) is 16.6. The van der Waals surface area contributed by atoms with Crippen LogP contribution in [0.1, 0.15) is 5.56 Å². The summed E-state index contributed by atoms with van der Waals surface area (Å²) in [5.74, 6) is -0.610. The van der Waals surface area contributed by atoms with E-state index in [-0.39, 0.29) is 24.7 Å². The topological polar surface area (TPSA) is 84.5 Å². The van der Waals surface area contributed by atoms with E-state index >= 15 is 0 Å². The number of hydrogen-bond donors (Lipinski definition) is 2. The van der Waals surface area contributed by atoms with Crippen LogP contribution in [0.15, 0.2) is 66.7 Å². The van der Waals surface area contributed by atoms with Gasteiger partial charge in [-0.25, -0.2) is 12.8 Å². The molecule has 9 heteroatoms. The van der Waals surface area contributed by atoms with Crippen LogP contribution in [0.4, 0.5) is 10.1 Å². The minimum Gasteiger partial charge on any atom is -0.484 e. The summed E-state index contributed by atoms with van der Waals surface area (Å²) in [5, 5.41) is 3.24. The average molecular weight is 463 g/mol. The monoisotopic (exact) mass is 462 g/mol. The van der Waals surface area contributed by atoms with Gasteiger partial charge in [0.1, 0.15) is 11.6 Å². The second-order valence-electron chi connectivity index (χ2n) is 6.76. The van der Waals surface area contributed by atoms with E-state index in [2.05, 4.69) is 10.0 Å². The molecule has 0 heterocycles. The summed E-state index contributed by atoms with van der Waals surface area (Å²) >= 11 is 6.23. The molecule has 6 nitrogen and oxygen atoms in total. The van der Waals surface area contributed by atoms with Gasteiger partial charge in [0, 0.05) is 17.1 Å². The maximum Gasteiger partial charge on any atom is 0.258 e. The lowest BCUT2D eigenvalue weighted by Crippen LogP contribution is -2.28. The molecule has 0 aliphatic carbocycles. The number of amides is 1. The van der Waals surface area contributed by atoms with Gasteiger partial charge in [-0.15, -0.1) is 0 Å². The van der Waals surface area contributed by atoms with Crippen LogP contribution in [0.3, 0.4) is 0 Å². The van der Waals surface area contributed by atoms with Crippen LogP contribution >= 0.6 is 11.6 Å². The zero-order chi connectivity index (χ0) is 22.4. The second-order valence-corrected chi connectivity index (χ2v) is 8.92. The van der Waals surface area contributed by atoms with Crippen LogP contribution in [0.25, 0.3) is 11.1 Å². The van der Waals surface area contributed by atoms with Gasteiger partial charge in [-0.1, -0.05) is 48.0 Å². The average Bonchev–Trinajstić information content (AvgIpc) is 2.72. The maximum atomic E-state index is 14.0. The summed E-state index contributed by atoms with van der Waals surface area (Å²) in [7, 11) is -3.58. The van der Waals surface area contributed by atoms with Crippen molar-refractivity contribution in [3.05, 3.63) is 83.1 Å². The van der Waals surface area contributed by atoms with Gasteiger partial charge >= 0.3 is 0 Å². The molecule has 0 radical (unpaired) electrons. The normalized spacial score (nSPS) is 11.1. The Kier molecular flexibility index (Phi) is 7.14. The van der Waals surface area contributed by atoms with E-state index in [0.717, 1.165) is 23.4 Å². The van der Waals surface area contributed by atoms with Crippen LogP contribution in [0.2, 0.25) is 5.02 Å². The van der Waals surface area contributed by atoms with Crippen molar-refractivity contribution < 1.29 is 22.3 Å². The Morgan fingerprint density at radius 2 is 1.84 bits per heavy atom. The third kappa shape index (κ3) is 6.70. The summed E-state index contributed by atoms with van der Waals surface area (Å²) in [6, 6.07) is 18.6. The lowest BCUT2D eigenvalue weighted by molar-refractivity contribution is -0.123. The molecule has 0 aromatic heterocycles. The van der Waals surface area contributed by atoms with E-state index in [9.17, 15) is 17.6 Å². The zero-order valence-corrected chi connectivity index (χ0v) is 18.1. The van der Waals surface area contributed by atoms with E-state index in [1.807, 2.05) is 24.3 Å². The summed E-state index contributed by atoms with van der Waals surface area (Å²) in [5.41, 5.74) is 2.04. The number of rotatable bonds is 8. The van der Waals surface area contributed by atoms with Crippen molar-refractivity contribution in [3.63, 3.8) is 0 Å². The molecule has 0 aliphatic heterocycles. The molecule has 0 spiro atoms. The van der Waals surface area contributed by atoms with E-state index < -0.39 is 15.8 Å². The van der Waals surface area contributed by atoms with Crippen LogP contribution < -0.4 is 14.8 Å². The SMILES string of the molecule is CS(=O)(=O)Nc1ccc(CNC(=O)COc2cccc(-c3ccccc3Cl)c2)cc1F. The smallest absolute Gasteiger partial charge is 0.258 e. The lowest BCUT2D eigenvalue weighted by Gasteiger charge is -2.11. The number of benzene rings is 3. The van der Waals surface area contributed by atoms with Crippen molar-refractivity contribution in [2.75, 3.05) is 17.6 Å². The molecule has 0 unspecified atom stereocenters. The number of carbonyl (C=O) groups excluding carboxylic acids is 1. The first kappa shape index (κ1) is 22.6. The van der Waals surface area contributed by atoms with Crippen molar-refractivity contribution >= 4 is 33.2 Å². The van der Waals surface area contributed by atoms with Crippen molar-refractivity contribution in [2.24, 2.45) is 0 Å². The summed E-state index contributed by atoms with van der Waals surface area (Å²) < 4.78 is 44.0. The minimum atomic E-state index is -3.58. The highest BCUT2D eigenvalue weighted by Crippen LogP contribution is 2.29. The highest BCUT2D eigenvalue weighted by Gasteiger charge is 2.10. The molecule has 162 valence electrons. The minimum absolute atomic E-state index is 0.0674. The van der Waals surface area contributed by atoms with Gasteiger partial charge in [0.25, 0.3) is 5.91 Å². The van der Waals surface area contributed by atoms with E-state index in [1.165, 1.54) is 12.1 Å². The van der Waals surface area contributed by atoms with Crippen LogP contribution in [-0.2, 0) is 21.4 Å². The molecule has 3 aromatic rings. The number of halogens is 2. The highest BCUT2D eigenvalue weighted by atomic mass is 35.5. The molecule has 0 saturated carbocycles. The molecule has 3 rings (SSSR count). The Balaban J connectivity index is 1.55. The number of anilines is 1. The second kappa shape index (κ2) is 9.80. The number of nitrogens with one attached hydrogen (secondary N) is 2. The quantitative estimate of drug-likeness (QED) is 0.525. The Bertz CT molecular complexity index is 1200. The van der Waals surface area contributed by atoms with Crippen molar-refractivity contribution in [3.8, 4) is 16.9 Å².